The molecule has 2 aromatic rings. The monoisotopic (exact) mass is 266 g/mol. The van der Waals surface area contributed by atoms with Crippen LogP contribution in [0.15, 0.2) is 35.4 Å². The fraction of sp³-hybridized carbons (Fsp3) is 0.100. The van der Waals surface area contributed by atoms with Gasteiger partial charge in [-0.05, 0) is 24.3 Å². The van der Waals surface area contributed by atoms with Gasteiger partial charge in [0.15, 0.2) is 0 Å². The lowest BCUT2D eigenvalue weighted by molar-refractivity contribution is -0.107. The topological polar surface area (TPSA) is 108 Å². The highest BCUT2D eigenvalue weighted by Gasteiger charge is 2.08. The molecule has 0 bridgehead atoms. The van der Waals surface area contributed by atoms with E-state index >= 15 is 0 Å². The Hall–Kier alpha value is -2.06. The maximum Gasteiger partial charge on any atom is 0.238 e. The second kappa shape index (κ2) is 4.67. The van der Waals surface area contributed by atoms with Gasteiger partial charge in [0.2, 0.25) is 10.0 Å². The zero-order valence-electron chi connectivity index (χ0n) is 9.22. The summed E-state index contributed by atoms with van der Waals surface area (Å²) in [4.78, 5) is 10.3. The molecule has 2 N–H and O–H groups in total. The number of nitrogens with zero attached hydrogens (tertiary/aromatic N) is 3. The first kappa shape index (κ1) is 12.4. The van der Waals surface area contributed by atoms with Crippen LogP contribution in [-0.4, -0.2) is 29.7 Å². The van der Waals surface area contributed by atoms with E-state index in [-0.39, 0.29) is 11.3 Å². The van der Waals surface area contributed by atoms with Crippen molar-refractivity contribution in [1.82, 2.24) is 15.0 Å². The molecule has 0 fully saturated rings. The summed E-state index contributed by atoms with van der Waals surface area (Å²) in [5, 5.41) is 12.6. The molecule has 2 rings (SSSR count). The second-order valence-electron chi connectivity index (χ2n) is 3.56. The number of aldehydes is 1. The smallest absolute Gasteiger partial charge is 0.238 e. The molecule has 0 saturated carbocycles. The molecule has 0 unspecified atom stereocenters. The van der Waals surface area contributed by atoms with E-state index in [0.29, 0.717) is 11.4 Å². The third kappa shape index (κ3) is 2.60. The molecule has 0 aliphatic carbocycles. The van der Waals surface area contributed by atoms with Crippen LogP contribution in [-0.2, 0) is 21.2 Å². The molecule has 1 heterocycles. The summed E-state index contributed by atoms with van der Waals surface area (Å²) in [6, 6.07) is 5.87. The van der Waals surface area contributed by atoms with E-state index < -0.39 is 10.0 Å². The Morgan fingerprint density at radius 2 is 1.94 bits per heavy atom. The maximum absolute atomic E-state index is 11.1. The lowest BCUT2D eigenvalue weighted by Crippen LogP contribution is -2.12. The van der Waals surface area contributed by atoms with Gasteiger partial charge in [0.1, 0.15) is 6.29 Å². The molecule has 0 amide bonds. The van der Waals surface area contributed by atoms with E-state index in [1.807, 2.05) is 0 Å². The molecule has 1 aromatic heterocycles. The molecule has 7 nitrogen and oxygen atoms in total. The Kier molecular flexibility index (Phi) is 3.21. The van der Waals surface area contributed by atoms with E-state index in [1.54, 1.807) is 18.3 Å². The minimum atomic E-state index is -3.70. The highest BCUT2D eigenvalue weighted by molar-refractivity contribution is 7.89. The Balaban J connectivity index is 2.31. The van der Waals surface area contributed by atoms with Crippen molar-refractivity contribution >= 4 is 16.3 Å². The highest BCUT2D eigenvalue weighted by Crippen LogP contribution is 2.12. The van der Waals surface area contributed by atoms with Gasteiger partial charge in [-0.25, -0.2) is 18.2 Å². The molecule has 0 spiro atoms. The van der Waals surface area contributed by atoms with Crippen LogP contribution >= 0.6 is 0 Å². The zero-order valence-corrected chi connectivity index (χ0v) is 10.0. The van der Waals surface area contributed by atoms with Crippen LogP contribution in [0.4, 0.5) is 0 Å². The Morgan fingerprint density at radius 1 is 1.28 bits per heavy atom. The van der Waals surface area contributed by atoms with Crippen molar-refractivity contribution in [2.75, 3.05) is 0 Å². The first-order valence-electron chi connectivity index (χ1n) is 4.99. The van der Waals surface area contributed by atoms with Gasteiger partial charge in [-0.2, -0.15) is 0 Å². The average molecular weight is 266 g/mol. The quantitative estimate of drug-likeness (QED) is 0.761. The molecular weight excluding hydrogens is 256 g/mol. The first-order chi connectivity index (χ1) is 8.50. The number of benzene rings is 1. The molecule has 0 saturated heterocycles. The van der Waals surface area contributed by atoms with Crippen molar-refractivity contribution in [2.45, 2.75) is 11.3 Å². The van der Waals surface area contributed by atoms with Gasteiger partial charge in [0.25, 0.3) is 0 Å². The minimum absolute atomic E-state index is 0.0273. The van der Waals surface area contributed by atoms with Crippen LogP contribution < -0.4 is 5.14 Å². The van der Waals surface area contributed by atoms with Crippen molar-refractivity contribution in [3.05, 3.63) is 36.2 Å². The molecule has 0 aliphatic rings. The minimum Gasteiger partial charge on any atom is -0.303 e. The molecular formula is C10H10N4O3S. The van der Waals surface area contributed by atoms with Crippen molar-refractivity contribution < 1.29 is 13.2 Å². The summed E-state index contributed by atoms with van der Waals surface area (Å²) in [6.45, 7) is 0. The molecule has 1 aromatic carbocycles. The normalized spacial score (nSPS) is 11.4. The Bertz CT molecular complexity index is 661. The van der Waals surface area contributed by atoms with Gasteiger partial charge in [-0.3, -0.25) is 0 Å². The molecule has 0 radical (unpaired) electrons. The van der Waals surface area contributed by atoms with E-state index in [9.17, 15) is 13.2 Å². The van der Waals surface area contributed by atoms with Crippen molar-refractivity contribution in [3.8, 4) is 5.69 Å². The lowest BCUT2D eigenvalue weighted by Gasteiger charge is -2.01. The standard InChI is InChI=1S/C10H10N4O3S/c11-18(16,17)10-3-1-9(2-4-10)14-7-8(5-6-15)12-13-14/h1-4,6-7H,5H2,(H2,11,16,17). The molecule has 94 valence electrons. The summed E-state index contributed by atoms with van der Waals surface area (Å²) < 4.78 is 23.6. The van der Waals surface area contributed by atoms with E-state index in [0.717, 1.165) is 6.29 Å². The second-order valence-corrected chi connectivity index (χ2v) is 5.13. The first-order valence-corrected chi connectivity index (χ1v) is 6.53. The number of hydrogen-bond donors (Lipinski definition) is 1. The molecule has 0 atom stereocenters. The summed E-state index contributed by atoms with van der Waals surface area (Å²) in [6.07, 6.45) is 2.52. The highest BCUT2D eigenvalue weighted by atomic mass is 32.2. The lowest BCUT2D eigenvalue weighted by atomic mass is 10.3. The summed E-state index contributed by atoms with van der Waals surface area (Å²) in [5.41, 5.74) is 1.17. The van der Waals surface area contributed by atoms with Crippen molar-refractivity contribution in [1.29, 1.82) is 0 Å². The predicted octanol–water partition coefficient (Wildman–Crippen LogP) is -0.344. The zero-order chi connectivity index (χ0) is 13.2. The van der Waals surface area contributed by atoms with E-state index in [1.165, 1.54) is 16.8 Å². The van der Waals surface area contributed by atoms with Crippen LogP contribution in [0.1, 0.15) is 5.69 Å². The van der Waals surface area contributed by atoms with Gasteiger partial charge in [-0.1, -0.05) is 5.21 Å². The Labute approximate surface area is 103 Å². The van der Waals surface area contributed by atoms with Crippen molar-refractivity contribution in [3.63, 3.8) is 0 Å². The number of primary sulfonamides is 1. The molecule has 0 aliphatic heterocycles. The summed E-state index contributed by atoms with van der Waals surface area (Å²) >= 11 is 0. The van der Waals surface area contributed by atoms with Gasteiger partial charge in [0, 0.05) is 6.42 Å². The van der Waals surface area contributed by atoms with Crippen LogP contribution in [0.2, 0.25) is 0 Å². The van der Waals surface area contributed by atoms with Gasteiger partial charge in [-0.15, -0.1) is 5.10 Å². The SMILES string of the molecule is NS(=O)(=O)c1ccc(-n2cc(CC=O)nn2)cc1. The number of nitrogens with two attached hydrogens (primary N) is 1. The van der Waals surface area contributed by atoms with Crippen LogP contribution in [0.25, 0.3) is 5.69 Å². The van der Waals surface area contributed by atoms with Gasteiger partial charge < -0.3 is 4.79 Å². The third-order valence-corrected chi connectivity index (χ3v) is 3.19. The predicted molar refractivity (Wildman–Crippen MR) is 62.5 cm³/mol. The summed E-state index contributed by atoms with van der Waals surface area (Å²) in [5.74, 6) is 0. The average Bonchev–Trinajstić information content (AvgIpc) is 2.77. The number of sulfonamides is 1. The number of hydrogen-bond acceptors (Lipinski definition) is 5. The number of rotatable bonds is 4. The molecule has 8 heteroatoms. The molecule has 18 heavy (non-hydrogen) atoms. The van der Waals surface area contributed by atoms with Crippen LogP contribution in [0.5, 0.6) is 0 Å². The van der Waals surface area contributed by atoms with Crippen molar-refractivity contribution in [2.24, 2.45) is 5.14 Å². The number of carbonyl (C=O) groups excluding carboxylic acids is 1. The van der Waals surface area contributed by atoms with Gasteiger partial charge in [0.05, 0.1) is 22.5 Å². The van der Waals surface area contributed by atoms with E-state index in [4.69, 9.17) is 5.14 Å². The van der Waals surface area contributed by atoms with Crippen LogP contribution in [0.3, 0.4) is 0 Å². The Morgan fingerprint density at radius 3 is 2.50 bits per heavy atom. The fourth-order valence-corrected chi connectivity index (χ4v) is 1.91. The summed E-state index contributed by atoms with van der Waals surface area (Å²) in [7, 11) is -3.70. The van der Waals surface area contributed by atoms with Crippen LogP contribution in [0, 0.1) is 0 Å². The largest absolute Gasteiger partial charge is 0.303 e. The maximum atomic E-state index is 11.1. The third-order valence-electron chi connectivity index (χ3n) is 2.26. The number of aromatic nitrogens is 3. The van der Waals surface area contributed by atoms with Gasteiger partial charge >= 0.3 is 0 Å². The number of carbonyl (C=O) groups is 1. The van der Waals surface area contributed by atoms with E-state index in [2.05, 4.69) is 10.3 Å². The fourth-order valence-electron chi connectivity index (χ4n) is 1.39.